The average molecular weight is 367 g/mol. The highest BCUT2D eigenvalue weighted by Crippen LogP contribution is 2.66. The fourth-order valence-corrected chi connectivity index (χ4v) is 8.29. The highest BCUT2D eigenvalue weighted by Gasteiger charge is 2.59. The van der Waals surface area contributed by atoms with Gasteiger partial charge in [-0.3, -0.25) is 0 Å². The molecule has 5 rings (SSSR count). The van der Waals surface area contributed by atoms with Gasteiger partial charge in [-0.2, -0.15) is 0 Å². The number of rotatable bonds is 3. The van der Waals surface area contributed by atoms with Gasteiger partial charge in [-0.25, -0.2) is 0 Å². The standard InChI is InChI=1S/C26H38O/c1-25-16-7-6-10-20(25)11-12-21-22-13-14-24(26(22,2)17-15-23(21)25)27-18-19-8-4-3-5-9-19/h3-5,8-9,20-24H,6-7,10-18H2,1-2H3. The molecule has 4 saturated carbocycles. The van der Waals surface area contributed by atoms with Crippen molar-refractivity contribution in [3.8, 4) is 0 Å². The molecule has 0 N–H and O–H groups in total. The number of hydrogen-bond acceptors (Lipinski definition) is 1. The average Bonchev–Trinajstić information content (AvgIpc) is 3.03. The molecule has 0 spiro atoms. The summed E-state index contributed by atoms with van der Waals surface area (Å²) in [7, 11) is 0. The fourth-order valence-electron chi connectivity index (χ4n) is 8.29. The van der Waals surface area contributed by atoms with Crippen LogP contribution in [0.2, 0.25) is 0 Å². The van der Waals surface area contributed by atoms with Crippen LogP contribution in [0.25, 0.3) is 0 Å². The van der Waals surface area contributed by atoms with Gasteiger partial charge in [-0.1, -0.05) is 57.0 Å². The Balaban J connectivity index is 1.32. The molecule has 1 heteroatoms. The molecule has 0 heterocycles. The molecule has 0 amide bonds. The van der Waals surface area contributed by atoms with Gasteiger partial charge in [0.1, 0.15) is 0 Å². The smallest absolute Gasteiger partial charge is 0.0720 e. The first-order valence-electron chi connectivity index (χ1n) is 11.8. The second-order valence-corrected chi connectivity index (χ2v) is 10.8. The van der Waals surface area contributed by atoms with Gasteiger partial charge in [0.05, 0.1) is 12.7 Å². The van der Waals surface area contributed by atoms with Gasteiger partial charge in [0.25, 0.3) is 0 Å². The fraction of sp³-hybridized carbons (Fsp3) is 0.769. The Morgan fingerprint density at radius 2 is 1.63 bits per heavy atom. The van der Waals surface area contributed by atoms with E-state index in [1.54, 1.807) is 0 Å². The van der Waals surface area contributed by atoms with Crippen molar-refractivity contribution in [1.82, 2.24) is 0 Å². The van der Waals surface area contributed by atoms with E-state index in [2.05, 4.69) is 44.2 Å². The molecule has 0 aromatic heterocycles. The number of hydrogen-bond donors (Lipinski definition) is 0. The Labute approximate surface area is 166 Å². The summed E-state index contributed by atoms with van der Waals surface area (Å²) in [6, 6.07) is 10.8. The maximum Gasteiger partial charge on any atom is 0.0720 e. The van der Waals surface area contributed by atoms with Crippen LogP contribution in [-0.4, -0.2) is 6.10 Å². The third-order valence-corrected chi connectivity index (χ3v) is 9.79. The Morgan fingerprint density at radius 1 is 0.815 bits per heavy atom. The van der Waals surface area contributed by atoms with Crippen molar-refractivity contribution in [3.05, 3.63) is 35.9 Å². The zero-order valence-corrected chi connectivity index (χ0v) is 17.5. The van der Waals surface area contributed by atoms with Crippen LogP contribution in [0.15, 0.2) is 30.3 Å². The molecule has 27 heavy (non-hydrogen) atoms. The van der Waals surface area contributed by atoms with E-state index in [0.717, 1.165) is 30.3 Å². The lowest BCUT2D eigenvalue weighted by Gasteiger charge is -2.60. The van der Waals surface area contributed by atoms with E-state index < -0.39 is 0 Å². The minimum Gasteiger partial charge on any atom is -0.373 e. The topological polar surface area (TPSA) is 9.23 Å². The van der Waals surface area contributed by atoms with E-state index in [-0.39, 0.29) is 0 Å². The Bertz CT molecular complexity index is 653. The van der Waals surface area contributed by atoms with Crippen molar-refractivity contribution in [1.29, 1.82) is 0 Å². The van der Waals surface area contributed by atoms with Crippen molar-refractivity contribution in [3.63, 3.8) is 0 Å². The Kier molecular flexibility index (Phi) is 4.66. The predicted octanol–water partition coefficient (Wildman–Crippen LogP) is 7.00. The van der Waals surface area contributed by atoms with E-state index in [1.165, 1.54) is 69.8 Å². The van der Waals surface area contributed by atoms with Crippen LogP contribution in [0.4, 0.5) is 0 Å². The zero-order chi connectivity index (χ0) is 18.5. The monoisotopic (exact) mass is 366 g/mol. The Morgan fingerprint density at radius 3 is 2.48 bits per heavy atom. The van der Waals surface area contributed by atoms with Gasteiger partial charge in [0, 0.05) is 0 Å². The number of ether oxygens (including phenoxy) is 1. The molecule has 4 aliphatic carbocycles. The van der Waals surface area contributed by atoms with Crippen LogP contribution >= 0.6 is 0 Å². The van der Waals surface area contributed by atoms with Crippen molar-refractivity contribution in [2.24, 2.45) is 34.5 Å². The van der Waals surface area contributed by atoms with Gasteiger partial charge < -0.3 is 4.74 Å². The minimum absolute atomic E-state index is 0.424. The first kappa shape index (κ1) is 18.2. The highest BCUT2D eigenvalue weighted by molar-refractivity contribution is 5.14. The summed E-state index contributed by atoms with van der Waals surface area (Å²) < 4.78 is 6.57. The highest BCUT2D eigenvalue weighted by atomic mass is 16.5. The van der Waals surface area contributed by atoms with Crippen molar-refractivity contribution in [2.45, 2.75) is 90.8 Å². The summed E-state index contributed by atoms with van der Waals surface area (Å²) >= 11 is 0. The molecule has 0 bridgehead atoms. The van der Waals surface area contributed by atoms with Crippen LogP contribution in [0.3, 0.4) is 0 Å². The van der Waals surface area contributed by atoms with E-state index in [4.69, 9.17) is 4.74 Å². The number of benzene rings is 1. The van der Waals surface area contributed by atoms with Crippen LogP contribution in [-0.2, 0) is 11.3 Å². The summed E-state index contributed by atoms with van der Waals surface area (Å²) in [4.78, 5) is 0. The van der Waals surface area contributed by atoms with Gasteiger partial charge in [0.15, 0.2) is 0 Å². The largest absolute Gasteiger partial charge is 0.373 e. The summed E-state index contributed by atoms with van der Waals surface area (Å²) in [6.07, 6.45) is 15.1. The van der Waals surface area contributed by atoms with Gasteiger partial charge in [-0.15, -0.1) is 0 Å². The van der Waals surface area contributed by atoms with Crippen molar-refractivity contribution >= 4 is 0 Å². The lowest BCUT2D eigenvalue weighted by Crippen LogP contribution is -2.53. The molecule has 0 aliphatic heterocycles. The van der Waals surface area contributed by atoms with E-state index >= 15 is 0 Å². The summed E-state index contributed by atoms with van der Waals surface area (Å²) in [5.41, 5.74) is 2.41. The SMILES string of the molecule is CC12CCCCC1CCC1C2CCC2(C)C(OCc3ccccc3)CCC12. The maximum absolute atomic E-state index is 6.57. The third kappa shape index (κ3) is 2.91. The Hall–Kier alpha value is -0.820. The van der Waals surface area contributed by atoms with Gasteiger partial charge in [0.2, 0.25) is 0 Å². The molecular formula is C26H38O. The van der Waals surface area contributed by atoms with Crippen LogP contribution in [0, 0.1) is 34.5 Å². The van der Waals surface area contributed by atoms with E-state index in [1.807, 2.05) is 0 Å². The first-order chi connectivity index (χ1) is 13.1. The maximum atomic E-state index is 6.57. The molecule has 4 fully saturated rings. The molecule has 0 saturated heterocycles. The summed E-state index contributed by atoms with van der Waals surface area (Å²) in [5, 5.41) is 0. The van der Waals surface area contributed by atoms with Crippen molar-refractivity contribution in [2.75, 3.05) is 0 Å². The zero-order valence-electron chi connectivity index (χ0n) is 17.5. The second kappa shape index (κ2) is 6.90. The summed E-state index contributed by atoms with van der Waals surface area (Å²) in [5.74, 6) is 3.93. The van der Waals surface area contributed by atoms with Crippen LogP contribution < -0.4 is 0 Å². The minimum atomic E-state index is 0.424. The van der Waals surface area contributed by atoms with Crippen molar-refractivity contribution < 1.29 is 4.74 Å². The van der Waals surface area contributed by atoms with E-state index in [0.29, 0.717) is 16.9 Å². The quantitative estimate of drug-likeness (QED) is 0.559. The lowest BCUT2D eigenvalue weighted by atomic mass is 9.45. The predicted molar refractivity (Wildman–Crippen MR) is 111 cm³/mol. The first-order valence-corrected chi connectivity index (χ1v) is 11.8. The summed E-state index contributed by atoms with van der Waals surface area (Å²) in [6.45, 7) is 6.07. The molecule has 1 nitrogen and oxygen atoms in total. The molecule has 1 aromatic carbocycles. The normalized spacial score (nSPS) is 46.4. The molecule has 1 aromatic rings. The van der Waals surface area contributed by atoms with Gasteiger partial charge >= 0.3 is 0 Å². The van der Waals surface area contributed by atoms with Crippen LogP contribution in [0.5, 0.6) is 0 Å². The molecule has 4 aliphatic rings. The molecule has 0 radical (unpaired) electrons. The molecule has 7 unspecified atom stereocenters. The van der Waals surface area contributed by atoms with E-state index in [9.17, 15) is 0 Å². The number of fused-ring (bicyclic) bond motifs is 5. The second-order valence-electron chi connectivity index (χ2n) is 10.8. The molecule has 148 valence electrons. The third-order valence-electron chi connectivity index (χ3n) is 9.79. The molecular weight excluding hydrogens is 328 g/mol. The lowest BCUT2D eigenvalue weighted by molar-refractivity contribution is -0.132. The molecule has 7 atom stereocenters. The van der Waals surface area contributed by atoms with Gasteiger partial charge in [-0.05, 0) is 91.4 Å². The van der Waals surface area contributed by atoms with Crippen LogP contribution in [0.1, 0.15) is 83.6 Å².